The number of aryl methyl sites for hydroxylation is 1. The van der Waals surface area contributed by atoms with Crippen molar-refractivity contribution in [3.05, 3.63) is 59.4 Å². The summed E-state index contributed by atoms with van der Waals surface area (Å²) in [6.45, 7) is 1.85. The summed E-state index contributed by atoms with van der Waals surface area (Å²) in [5, 5.41) is 0. The van der Waals surface area contributed by atoms with Crippen molar-refractivity contribution < 1.29 is 40.6 Å². The lowest BCUT2D eigenvalue weighted by Gasteiger charge is -2.19. The molecule has 0 atom stereocenters. The van der Waals surface area contributed by atoms with Gasteiger partial charge in [0.05, 0.1) is 5.56 Å². The van der Waals surface area contributed by atoms with E-state index in [-0.39, 0.29) is 0 Å². The maximum Gasteiger partial charge on any atom is 0.491 e. The van der Waals surface area contributed by atoms with Crippen molar-refractivity contribution in [2.45, 2.75) is 25.6 Å². The fourth-order valence-electron chi connectivity index (χ4n) is 1.93. The van der Waals surface area contributed by atoms with Crippen LogP contribution in [0.4, 0.5) is 26.3 Å². The molecule has 0 amide bonds. The van der Waals surface area contributed by atoms with Gasteiger partial charge in [-0.25, -0.2) is 9.18 Å². The maximum absolute atomic E-state index is 14.1. The van der Waals surface area contributed by atoms with Gasteiger partial charge in [-0.2, -0.15) is 22.0 Å². The first-order valence-electron chi connectivity index (χ1n) is 7.27. The highest BCUT2D eigenvalue weighted by atomic mass is 19.4. The second-order valence-corrected chi connectivity index (χ2v) is 5.15. The highest BCUT2D eigenvalue weighted by Gasteiger charge is 2.42. The first-order chi connectivity index (χ1) is 12.0. The molecule has 2 aromatic carbocycles. The van der Waals surface area contributed by atoms with Crippen LogP contribution in [-0.4, -0.2) is 12.1 Å². The Kier molecular flexibility index (Phi) is 5.48. The molecular formula is C17H12F6O3. The minimum Gasteiger partial charge on any atom is -0.429 e. The van der Waals surface area contributed by atoms with Gasteiger partial charge in [-0.15, -0.1) is 0 Å². The second-order valence-electron chi connectivity index (χ2n) is 5.15. The van der Waals surface area contributed by atoms with Gasteiger partial charge in [-0.05, 0) is 36.2 Å². The maximum atomic E-state index is 14.1. The molecule has 0 unspecified atom stereocenters. The number of benzene rings is 2. The first kappa shape index (κ1) is 19.6. The summed E-state index contributed by atoms with van der Waals surface area (Å²) in [4.78, 5) is 10.7. The number of hydrogen-bond acceptors (Lipinski definition) is 3. The molecule has 0 N–H and O–H groups in total. The summed E-state index contributed by atoms with van der Waals surface area (Å²) in [5.41, 5.74) is 0.342. The molecule has 0 spiro atoms. The molecule has 0 aliphatic carbocycles. The number of carbonyl (C=O) groups excluding carboxylic acids is 1. The average molecular weight is 378 g/mol. The Bertz CT molecular complexity index is 784. The molecule has 2 aromatic rings. The van der Waals surface area contributed by atoms with E-state index >= 15 is 0 Å². The number of ether oxygens (including phenoxy) is 2. The lowest BCUT2D eigenvalue weighted by molar-refractivity contribution is -0.190. The van der Waals surface area contributed by atoms with Crippen molar-refractivity contribution in [3.8, 4) is 11.5 Å². The fraction of sp³-hybridized carbons (Fsp3) is 0.235. The minimum atomic E-state index is -5.32. The molecule has 2 rings (SSSR count). The zero-order valence-electron chi connectivity index (χ0n) is 13.2. The van der Waals surface area contributed by atoms with Crippen LogP contribution in [0.1, 0.15) is 18.1 Å². The van der Waals surface area contributed by atoms with E-state index in [1.54, 1.807) is 0 Å². The van der Waals surface area contributed by atoms with Crippen LogP contribution in [0.15, 0.2) is 42.5 Å². The summed E-state index contributed by atoms with van der Waals surface area (Å²) >= 11 is 0. The van der Waals surface area contributed by atoms with Crippen LogP contribution in [0.25, 0.3) is 0 Å². The van der Waals surface area contributed by atoms with Gasteiger partial charge in [0.2, 0.25) is 0 Å². The third-order valence-electron chi connectivity index (χ3n) is 3.28. The van der Waals surface area contributed by atoms with Crippen LogP contribution in [0.3, 0.4) is 0 Å². The van der Waals surface area contributed by atoms with Crippen molar-refractivity contribution in [1.29, 1.82) is 0 Å². The van der Waals surface area contributed by atoms with E-state index in [0.29, 0.717) is 18.6 Å². The van der Waals surface area contributed by atoms with E-state index in [0.717, 1.165) is 23.8 Å². The molecule has 0 aromatic heterocycles. The first-order valence-corrected chi connectivity index (χ1v) is 7.27. The van der Waals surface area contributed by atoms with Crippen molar-refractivity contribution in [2.75, 3.05) is 0 Å². The Hall–Kier alpha value is -2.71. The summed E-state index contributed by atoms with van der Waals surface area (Å²) in [7, 11) is 0. The zero-order valence-corrected chi connectivity index (χ0v) is 13.2. The Morgan fingerprint density at radius 3 is 2.12 bits per heavy atom. The third-order valence-corrected chi connectivity index (χ3v) is 3.28. The number of hydrogen-bond donors (Lipinski definition) is 0. The Labute approximate surface area is 144 Å². The van der Waals surface area contributed by atoms with Gasteiger partial charge >= 0.3 is 18.3 Å². The summed E-state index contributed by atoms with van der Waals surface area (Å²) in [6, 6.07) is 7.00. The van der Waals surface area contributed by atoms with E-state index in [9.17, 15) is 31.1 Å². The van der Waals surface area contributed by atoms with Crippen molar-refractivity contribution in [3.63, 3.8) is 0 Å². The predicted octanol–water partition coefficient (Wildman–Crippen LogP) is 4.98. The van der Waals surface area contributed by atoms with Gasteiger partial charge in [0.1, 0.15) is 5.75 Å². The van der Waals surface area contributed by atoms with Crippen molar-refractivity contribution in [2.24, 2.45) is 0 Å². The van der Waals surface area contributed by atoms with Gasteiger partial charge in [0.15, 0.2) is 11.6 Å². The quantitative estimate of drug-likeness (QED) is 0.418. The third kappa shape index (κ3) is 4.68. The lowest BCUT2D eigenvalue weighted by Crippen LogP contribution is -2.28. The number of halogens is 6. The molecule has 0 fully saturated rings. The average Bonchev–Trinajstić information content (AvgIpc) is 2.56. The topological polar surface area (TPSA) is 35.5 Å². The normalized spacial score (nSPS) is 12.0. The van der Waals surface area contributed by atoms with E-state index in [4.69, 9.17) is 0 Å². The van der Waals surface area contributed by atoms with E-state index in [1.807, 2.05) is 6.92 Å². The summed E-state index contributed by atoms with van der Waals surface area (Å²) in [5.74, 6) is -5.81. The SMILES string of the molecule is CCc1ccc(C(F)(F)Oc2ccc(OC(=O)C(F)(F)F)c(F)c2)cc1. The van der Waals surface area contributed by atoms with Gasteiger partial charge in [-0.1, -0.05) is 19.1 Å². The van der Waals surface area contributed by atoms with E-state index < -0.39 is 41.1 Å². The van der Waals surface area contributed by atoms with Crippen molar-refractivity contribution in [1.82, 2.24) is 0 Å². The van der Waals surface area contributed by atoms with Crippen LogP contribution >= 0.6 is 0 Å². The molecular weight excluding hydrogens is 366 g/mol. The van der Waals surface area contributed by atoms with Gasteiger partial charge in [0.25, 0.3) is 0 Å². The number of carbonyl (C=O) groups is 1. The van der Waals surface area contributed by atoms with Crippen LogP contribution in [0.2, 0.25) is 0 Å². The lowest BCUT2D eigenvalue weighted by atomic mass is 10.1. The van der Waals surface area contributed by atoms with Crippen LogP contribution in [-0.2, 0) is 17.3 Å². The molecule has 26 heavy (non-hydrogen) atoms. The van der Waals surface area contributed by atoms with Crippen LogP contribution in [0.5, 0.6) is 11.5 Å². The van der Waals surface area contributed by atoms with Crippen LogP contribution in [0, 0.1) is 5.82 Å². The molecule has 0 saturated heterocycles. The monoisotopic (exact) mass is 378 g/mol. The molecule has 0 aliphatic heterocycles. The molecule has 0 bridgehead atoms. The van der Waals surface area contributed by atoms with Gasteiger partial charge in [0, 0.05) is 6.07 Å². The van der Waals surface area contributed by atoms with Crippen molar-refractivity contribution >= 4 is 5.97 Å². The number of rotatable bonds is 5. The fourth-order valence-corrected chi connectivity index (χ4v) is 1.93. The highest BCUT2D eigenvalue weighted by molar-refractivity contribution is 5.78. The summed E-state index contributed by atoms with van der Waals surface area (Å²) in [6.07, 6.45) is -8.47. The largest absolute Gasteiger partial charge is 0.491 e. The molecule has 140 valence electrons. The van der Waals surface area contributed by atoms with E-state index in [2.05, 4.69) is 9.47 Å². The molecule has 0 heterocycles. The molecule has 3 nitrogen and oxygen atoms in total. The molecule has 9 heteroatoms. The predicted molar refractivity (Wildman–Crippen MR) is 78.4 cm³/mol. The van der Waals surface area contributed by atoms with E-state index in [1.165, 1.54) is 12.1 Å². The van der Waals surface area contributed by atoms with Gasteiger partial charge < -0.3 is 9.47 Å². The Morgan fingerprint density at radius 2 is 1.62 bits per heavy atom. The highest BCUT2D eigenvalue weighted by Crippen LogP contribution is 2.33. The Morgan fingerprint density at radius 1 is 1.00 bits per heavy atom. The number of alkyl halides is 5. The molecule has 0 radical (unpaired) electrons. The van der Waals surface area contributed by atoms with Gasteiger partial charge in [-0.3, -0.25) is 0 Å². The van der Waals surface area contributed by atoms with Crippen LogP contribution < -0.4 is 9.47 Å². The Balaban J connectivity index is 2.16. The minimum absolute atomic E-state index is 0.396. The summed E-state index contributed by atoms with van der Waals surface area (Å²) < 4.78 is 86.4. The molecule has 0 saturated carbocycles. The number of esters is 1. The molecule has 0 aliphatic rings. The standard InChI is InChI=1S/C17H12F6O3/c1-2-10-3-5-11(6-4-10)17(22,23)26-12-7-8-14(13(18)9-12)25-15(24)16(19,20)21/h3-9H,2H2,1H3. The second kappa shape index (κ2) is 7.27. The zero-order chi connectivity index (χ0) is 19.5. The smallest absolute Gasteiger partial charge is 0.429 e.